The maximum atomic E-state index is 14.0. The average molecular weight is 415 g/mol. The van der Waals surface area contributed by atoms with Gasteiger partial charge in [-0.3, -0.25) is 4.79 Å². The summed E-state index contributed by atoms with van der Waals surface area (Å²) in [7, 11) is 0. The van der Waals surface area contributed by atoms with Gasteiger partial charge in [0.05, 0.1) is 6.61 Å². The van der Waals surface area contributed by atoms with Gasteiger partial charge >= 0.3 is 0 Å². The van der Waals surface area contributed by atoms with Gasteiger partial charge in [0.25, 0.3) is 0 Å². The van der Waals surface area contributed by atoms with Gasteiger partial charge in [0.1, 0.15) is 6.10 Å². The quantitative estimate of drug-likeness (QED) is 0.487. The molecule has 6 fully saturated rings. The maximum Gasteiger partial charge on any atom is 0.172 e. The van der Waals surface area contributed by atoms with Crippen molar-refractivity contribution in [2.75, 3.05) is 6.61 Å². The zero-order chi connectivity index (χ0) is 20.9. The number of rotatable bonds is 0. The number of carbonyl (C=O) groups is 1. The van der Waals surface area contributed by atoms with Crippen molar-refractivity contribution >= 4 is 5.78 Å². The van der Waals surface area contributed by atoms with E-state index in [9.17, 15) is 4.79 Å². The Kier molecular flexibility index (Phi) is 4.42. The lowest BCUT2D eigenvalue weighted by Crippen LogP contribution is -2.55. The molecule has 2 saturated heterocycles. The van der Waals surface area contributed by atoms with Crippen LogP contribution >= 0.6 is 0 Å². The SMILES string of the molecule is CC1CC[C@@]2(OC1)O[C@H]1C(=O)[C@H]3[C@@H]4CCC5CCCC[C@]5(C)[C@H]4CC[C@]3(C)[C@H]1[C@@H]2C. The number of Topliss-reactive ketones (excluding diaryl/α,β-unsaturated/α-hetero) is 1. The van der Waals surface area contributed by atoms with E-state index in [0.29, 0.717) is 34.9 Å². The summed E-state index contributed by atoms with van der Waals surface area (Å²) in [5.41, 5.74) is 0.590. The summed E-state index contributed by atoms with van der Waals surface area (Å²) >= 11 is 0. The van der Waals surface area contributed by atoms with Gasteiger partial charge < -0.3 is 9.47 Å². The van der Waals surface area contributed by atoms with Crippen LogP contribution in [0.25, 0.3) is 0 Å². The van der Waals surface area contributed by atoms with Crippen molar-refractivity contribution in [3.63, 3.8) is 0 Å². The third kappa shape index (κ3) is 2.43. The second-order valence-corrected chi connectivity index (χ2v) is 12.8. The van der Waals surface area contributed by atoms with Crippen LogP contribution in [-0.4, -0.2) is 24.3 Å². The largest absolute Gasteiger partial charge is 0.349 e. The van der Waals surface area contributed by atoms with Crippen molar-refractivity contribution in [2.24, 2.45) is 52.3 Å². The third-order valence-corrected chi connectivity index (χ3v) is 11.6. The highest BCUT2D eigenvalue weighted by Gasteiger charge is 2.72. The van der Waals surface area contributed by atoms with E-state index in [0.717, 1.165) is 31.3 Å². The van der Waals surface area contributed by atoms with Crippen molar-refractivity contribution < 1.29 is 14.3 Å². The Labute approximate surface area is 183 Å². The van der Waals surface area contributed by atoms with E-state index in [1.54, 1.807) is 0 Å². The first-order valence-electron chi connectivity index (χ1n) is 13.2. The van der Waals surface area contributed by atoms with Crippen LogP contribution in [0.1, 0.15) is 91.9 Å². The Morgan fingerprint density at radius 1 is 0.900 bits per heavy atom. The molecule has 0 amide bonds. The minimum absolute atomic E-state index is 0.107. The number of hydrogen-bond acceptors (Lipinski definition) is 3. The molecule has 3 heteroatoms. The first-order chi connectivity index (χ1) is 14.3. The van der Waals surface area contributed by atoms with Crippen molar-refractivity contribution in [1.82, 2.24) is 0 Å². The molecule has 3 nitrogen and oxygen atoms in total. The van der Waals surface area contributed by atoms with Crippen LogP contribution < -0.4 is 0 Å². The molecule has 168 valence electrons. The summed E-state index contributed by atoms with van der Waals surface area (Å²) in [6, 6.07) is 0. The maximum absolute atomic E-state index is 14.0. The minimum atomic E-state index is -0.491. The summed E-state index contributed by atoms with van der Waals surface area (Å²) in [6.07, 6.45) is 12.7. The molecule has 0 N–H and O–H groups in total. The van der Waals surface area contributed by atoms with Crippen LogP contribution in [-0.2, 0) is 14.3 Å². The molecule has 4 aliphatic carbocycles. The molecular formula is C27H42O3. The van der Waals surface area contributed by atoms with Crippen LogP contribution in [0.5, 0.6) is 0 Å². The molecule has 6 rings (SSSR count). The summed E-state index contributed by atoms with van der Waals surface area (Å²) in [4.78, 5) is 14.0. The van der Waals surface area contributed by atoms with Crippen LogP contribution in [0.4, 0.5) is 0 Å². The van der Waals surface area contributed by atoms with Crippen molar-refractivity contribution in [3.05, 3.63) is 0 Å². The van der Waals surface area contributed by atoms with Gasteiger partial charge in [0.2, 0.25) is 0 Å². The van der Waals surface area contributed by atoms with Crippen molar-refractivity contribution in [3.8, 4) is 0 Å². The second-order valence-electron chi connectivity index (χ2n) is 12.8. The second kappa shape index (κ2) is 6.56. The lowest BCUT2D eigenvalue weighted by atomic mass is 9.44. The van der Waals surface area contributed by atoms with Gasteiger partial charge in [-0.25, -0.2) is 0 Å². The standard InChI is InChI=1S/C27H42O3/c1-16-10-14-27(29-15-16)17(2)21-24(30-27)23(28)22-19-9-8-18-7-5-6-12-25(18,3)20(19)11-13-26(21,22)4/h16-22,24H,5-15H2,1-4H3/t16?,17-,18?,19+,20-,21-,22+,24+,25-,26+,27+/m0/s1. The van der Waals surface area contributed by atoms with E-state index < -0.39 is 5.79 Å². The normalized spacial score (nSPS) is 60.1. The van der Waals surface area contributed by atoms with E-state index in [4.69, 9.17) is 9.47 Å². The fourth-order valence-electron chi connectivity index (χ4n) is 10.0. The minimum Gasteiger partial charge on any atom is -0.349 e. The zero-order valence-electron chi connectivity index (χ0n) is 19.6. The smallest absolute Gasteiger partial charge is 0.172 e. The van der Waals surface area contributed by atoms with Crippen molar-refractivity contribution in [1.29, 1.82) is 0 Å². The van der Waals surface area contributed by atoms with E-state index in [1.165, 1.54) is 51.4 Å². The first kappa shape index (κ1) is 20.2. The van der Waals surface area contributed by atoms with E-state index in [1.807, 2.05) is 0 Å². The van der Waals surface area contributed by atoms with Gasteiger partial charge in [-0.2, -0.15) is 0 Å². The Hall–Kier alpha value is -0.410. The van der Waals surface area contributed by atoms with Crippen LogP contribution in [0.2, 0.25) is 0 Å². The molecule has 11 atom stereocenters. The molecule has 2 unspecified atom stereocenters. The monoisotopic (exact) mass is 414 g/mol. The topological polar surface area (TPSA) is 35.5 Å². The summed E-state index contributed by atoms with van der Waals surface area (Å²) < 4.78 is 13.1. The fourth-order valence-corrected chi connectivity index (χ4v) is 10.0. The molecule has 0 bridgehead atoms. The van der Waals surface area contributed by atoms with Gasteiger partial charge in [0, 0.05) is 24.2 Å². The van der Waals surface area contributed by atoms with Crippen molar-refractivity contribution in [2.45, 2.75) is 104 Å². The Morgan fingerprint density at radius 2 is 1.73 bits per heavy atom. The highest BCUT2D eigenvalue weighted by Crippen LogP contribution is 2.70. The molecule has 0 aromatic heterocycles. The predicted octanol–water partition coefficient (Wildman–Crippen LogP) is 6.00. The predicted molar refractivity (Wildman–Crippen MR) is 117 cm³/mol. The third-order valence-electron chi connectivity index (χ3n) is 11.6. The van der Waals surface area contributed by atoms with Gasteiger partial charge in [-0.15, -0.1) is 0 Å². The molecule has 6 aliphatic rings. The highest BCUT2D eigenvalue weighted by molar-refractivity contribution is 5.90. The average Bonchev–Trinajstić information content (AvgIpc) is 3.13. The van der Waals surface area contributed by atoms with Crippen LogP contribution in [0, 0.1) is 52.3 Å². The Morgan fingerprint density at radius 3 is 2.50 bits per heavy atom. The lowest BCUT2D eigenvalue weighted by Gasteiger charge is -2.60. The number of hydrogen-bond donors (Lipinski definition) is 0. The first-order valence-corrected chi connectivity index (χ1v) is 13.2. The summed E-state index contributed by atoms with van der Waals surface area (Å²) in [5, 5.41) is 0. The zero-order valence-corrected chi connectivity index (χ0v) is 19.6. The molecule has 0 aromatic carbocycles. The van der Waals surface area contributed by atoms with E-state index in [-0.39, 0.29) is 17.4 Å². The fraction of sp³-hybridized carbons (Fsp3) is 0.963. The highest BCUT2D eigenvalue weighted by atomic mass is 16.7. The van der Waals surface area contributed by atoms with E-state index in [2.05, 4.69) is 27.7 Å². The molecule has 2 heterocycles. The van der Waals surface area contributed by atoms with E-state index >= 15 is 0 Å². The Balaban J connectivity index is 1.32. The molecule has 1 spiro atoms. The molecular weight excluding hydrogens is 372 g/mol. The van der Waals surface area contributed by atoms with Gasteiger partial charge in [-0.05, 0) is 79.4 Å². The molecule has 4 saturated carbocycles. The van der Waals surface area contributed by atoms with Gasteiger partial charge in [-0.1, -0.05) is 40.5 Å². The molecule has 0 aromatic rings. The Bertz CT molecular complexity index is 724. The van der Waals surface area contributed by atoms with Gasteiger partial charge in [0.15, 0.2) is 11.6 Å². The number of carbonyl (C=O) groups excluding carboxylic acids is 1. The molecule has 2 aliphatic heterocycles. The lowest BCUT2D eigenvalue weighted by molar-refractivity contribution is -0.269. The number of ketones is 1. The summed E-state index contributed by atoms with van der Waals surface area (Å²) in [5.74, 6) is 3.74. The van der Waals surface area contributed by atoms with Crippen LogP contribution in [0.3, 0.4) is 0 Å². The molecule has 0 radical (unpaired) electrons. The van der Waals surface area contributed by atoms with Crippen LogP contribution in [0.15, 0.2) is 0 Å². The number of fused-ring (bicyclic) bond motifs is 7. The summed E-state index contributed by atoms with van der Waals surface area (Å²) in [6.45, 7) is 10.5. The number of ether oxygens (including phenoxy) is 2. The molecule has 30 heavy (non-hydrogen) atoms.